The monoisotopic (exact) mass is 231 g/mol. The smallest absolute Gasteiger partial charge is 0.139 e. The minimum absolute atomic E-state index is 0.689. The molecule has 0 fully saturated rings. The maximum absolute atomic E-state index is 5.30. The molecule has 0 aliphatic carbocycles. The Morgan fingerprint density at radius 3 is 3.12 bits per heavy atom. The van der Waals surface area contributed by atoms with Gasteiger partial charge in [0.15, 0.2) is 0 Å². The normalized spacial score (nSPS) is 10.8. The van der Waals surface area contributed by atoms with Crippen LogP contribution >= 0.6 is 11.3 Å². The molecule has 3 aromatic heterocycles. The van der Waals surface area contributed by atoms with E-state index in [1.807, 2.05) is 17.5 Å². The van der Waals surface area contributed by atoms with Crippen molar-refractivity contribution in [2.24, 2.45) is 0 Å². The van der Waals surface area contributed by atoms with E-state index in [9.17, 15) is 0 Å². The molecular formula is C11H9N3OS. The van der Waals surface area contributed by atoms with Gasteiger partial charge in [0, 0.05) is 17.8 Å². The van der Waals surface area contributed by atoms with Gasteiger partial charge in [0.2, 0.25) is 0 Å². The molecule has 0 spiro atoms. The minimum atomic E-state index is 0.689. The second-order valence-electron chi connectivity index (χ2n) is 3.27. The van der Waals surface area contributed by atoms with Crippen LogP contribution in [-0.4, -0.2) is 9.97 Å². The number of rotatable bonds is 3. The first-order valence-electron chi connectivity index (χ1n) is 4.88. The lowest BCUT2D eigenvalue weighted by molar-refractivity contribution is 0.615. The topological polar surface area (TPSA) is 51.0 Å². The fraction of sp³-hybridized carbons (Fsp3) is 0.0909. The van der Waals surface area contributed by atoms with Gasteiger partial charge in [-0.2, -0.15) is 0 Å². The van der Waals surface area contributed by atoms with Gasteiger partial charge in [-0.1, -0.05) is 0 Å². The van der Waals surface area contributed by atoms with E-state index in [-0.39, 0.29) is 0 Å². The molecule has 0 bridgehead atoms. The van der Waals surface area contributed by atoms with Crippen LogP contribution in [0.3, 0.4) is 0 Å². The average molecular weight is 231 g/mol. The van der Waals surface area contributed by atoms with Crippen LogP contribution in [-0.2, 0) is 6.54 Å². The molecular weight excluding hydrogens is 222 g/mol. The lowest BCUT2D eigenvalue weighted by Crippen LogP contribution is -2.00. The second-order valence-corrected chi connectivity index (χ2v) is 4.25. The van der Waals surface area contributed by atoms with E-state index in [0.29, 0.717) is 6.54 Å². The van der Waals surface area contributed by atoms with E-state index in [0.717, 1.165) is 21.8 Å². The van der Waals surface area contributed by atoms with Crippen molar-refractivity contribution in [1.82, 2.24) is 9.97 Å². The number of aromatic nitrogens is 2. The lowest BCUT2D eigenvalue weighted by atomic mass is 10.3. The van der Waals surface area contributed by atoms with Crippen LogP contribution in [0.1, 0.15) is 5.01 Å². The average Bonchev–Trinajstić information content (AvgIpc) is 2.97. The van der Waals surface area contributed by atoms with Gasteiger partial charge < -0.3 is 9.73 Å². The quantitative estimate of drug-likeness (QED) is 0.753. The molecule has 3 heterocycles. The van der Waals surface area contributed by atoms with E-state index < -0.39 is 0 Å². The highest BCUT2D eigenvalue weighted by molar-refractivity contribution is 7.09. The Labute approximate surface area is 96.0 Å². The van der Waals surface area contributed by atoms with Crippen LogP contribution in [0.25, 0.3) is 11.0 Å². The van der Waals surface area contributed by atoms with Gasteiger partial charge >= 0.3 is 0 Å². The Kier molecular flexibility index (Phi) is 2.30. The van der Waals surface area contributed by atoms with Gasteiger partial charge in [-0.3, -0.25) is 0 Å². The Bertz CT molecular complexity index is 588. The highest BCUT2D eigenvalue weighted by Gasteiger charge is 2.04. The third kappa shape index (κ3) is 1.65. The van der Waals surface area contributed by atoms with Crippen molar-refractivity contribution in [3.63, 3.8) is 0 Å². The maximum atomic E-state index is 5.30. The Balaban J connectivity index is 1.86. The van der Waals surface area contributed by atoms with E-state index in [1.165, 1.54) is 0 Å². The zero-order chi connectivity index (χ0) is 10.8. The molecule has 0 radical (unpaired) electrons. The maximum Gasteiger partial charge on any atom is 0.139 e. The Morgan fingerprint density at radius 2 is 2.25 bits per heavy atom. The Morgan fingerprint density at radius 1 is 1.25 bits per heavy atom. The fourth-order valence-electron chi connectivity index (χ4n) is 1.54. The largest absolute Gasteiger partial charge is 0.464 e. The van der Waals surface area contributed by atoms with Crippen LogP contribution in [0.5, 0.6) is 0 Å². The summed E-state index contributed by atoms with van der Waals surface area (Å²) < 4.78 is 5.30. The van der Waals surface area contributed by atoms with E-state index in [2.05, 4.69) is 15.3 Å². The molecule has 0 aliphatic heterocycles. The summed E-state index contributed by atoms with van der Waals surface area (Å²) in [7, 11) is 0. The molecule has 1 N–H and O–H groups in total. The predicted molar refractivity (Wildman–Crippen MR) is 63.4 cm³/mol. The molecule has 0 unspecified atom stereocenters. The van der Waals surface area contributed by atoms with Crippen molar-refractivity contribution < 1.29 is 4.42 Å². The van der Waals surface area contributed by atoms with Gasteiger partial charge in [-0.15, -0.1) is 11.3 Å². The predicted octanol–water partition coefficient (Wildman–Crippen LogP) is 2.90. The molecule has 0 aromatic carbocycles. The standard InChI is InChI=1S/C11H9N3OS/c1-3-13-11(8-2-5-15-9(1)8)14-7-10-12-4-6-16-10/h1-6H,7H2,(H,13,14). The minimum Gasteiger partial charge on any atom is -0.464 e. The number of furan rings is 1. The summed E-state index contributed by atoms with van der Waals surface area (Å²) in [5.74, 6) is 0.835. The first kappa shape index (κ1) is 9.35. The molecule has 0 amide bonds. The molecule has 80 valence electrons. The van der Waals surface area contributed by atoms with E-state index >= 15 is 0 Å². The Hall–Kier alpha value is -1.88. The van der Waals surface area contributed by atoms with E-state index in [4.69, 9.17) is 4.42 Å². The zero-order valence-corrected chi connectivity index (χ0v) is 9.20. The van der Waals surface area contributed by atoms with Gasteiger partial charge in [-0.25, -0.2) is 9.97 Å². The summed E-state index contributed by atoms with van der Waals surface area (Å²) in [6, 6.07) is 3.76. The van der Waals surface area contributed by atoms with Crippen molar-refractivity contribution in [2.45, 2.75) is 6.54 Å². The van der Waals surface area contributed by atoms with Gasteiger partial charge in [0.05, 0.1) is 18.2 Å². The zero-order valence-electron chi connectivity index (χ0n) is 8.38. The summed E-state index contributed by atoms with van der Waals surface area (Å²) in [6.07, 6.45) is 5.20. The summed E-state index contributed by atoms with van der Waals surface area (Å²) in [6.45, 7) is 0.689. The number of hydrogen-bond donors (Lipinski definition) is 1. The first-order chi connectivity index (χ1) is 7.93. The van der Waals surface area contributed by atoms with Gasteiger partial charge in [0.25, 0.3) is 0 Å². The summed E-state index contributed by atoms with van der Waals surface area (Å²) in [5, 5.41) is 7.26. The third-order valence-electron chi connectivity index (χ3n) is 2.27. The van der Waals surface area contributed by atoms with Crippen LogP contribution in [0, 0.1) is 0 Å². The molecule has 0 saturated carbocycles. The highest BCUT2D eigenvalue weighted by atomic mass is 32.1. The summed E-state index contributed by atoms with van der Waals surface area (Å²) >= 11 is 1.62. The van der Waals surface area contributed by atoms with Crippen LogP contribution in [0.15, 0.2) is 40.6 Å². The van der Waals surface area contributed by atoms with Crippen molar-refractivity contribution in [3.05, 3.63) is 41.2 Å². The number of anilines is 1. The molecule has 3 rings (SSSR count). The van der Waals surface area contributed by atoms with E-state index in [1.54, 1.807) is 30.0 Å². The number of thiazole rings is 1. The van der Waals surface area contributed by atoms with Crippen LogP contribution < -0.4 is 5.32 Å². The highest BCUT2D eigenvalue weighted by Crippen LogP contribution is 2.22. The van der Waals surface area contributed by atoms with Gasteiger partial charge in [0.1, 0.15) is 16.4 Å². The molecule has 4 nitrogen and oxygen atoms in total. The summed E-state index contributed by atoms with van der Waals surface area (Å²) in [4.78, 5) is 8.49. The molecule has 0 aliphatic rings. The number of nitrogens with zero attached hydrogens (tertiary/aromatic N) is 2. The molecule has 3 aromatic rings. The van der Waals surface area contributed by atoms with Crippen LogP contribution in [0.4, 0.5) is 5.82 Å². The van der Waals surface area contributed by atoms with Crippen molar-refractivity contribution in [2.75, 3.05) is 5.32 Å². The lowest BCUT2D eigenvalue weighted by Gasteiger charge is -2.03. The van der Waals surface area contributed by atoms with Crippen molar-refractivity contribution >= 4 is 28.1 Å². The van der Waals surface area contributed by atoms with Crippen LogP contribution in [0.2, 0.25) is 0 Å². The molecule has 0 atom stereocenters. The first-order valence-corrected chi connectivity index (χ1v) is 5.76. The van der Waals surface area contributed by atoms with Crippen molar-refractivity contribution in [3.8, 4) is 0 Å². The SMILES string of the molecule is c1csc(CNc2nccc3occc23)n1. The molecule has 5 heteroatoms. The van der Waals surface area contributed by atoms with Gasteiger partial charge in [-0.05, 0) is 12.1 Å². The second kappa shape index (κ2) is 3.94. The number of pyridine rings is 1. The third-order valence-corrected chi connectivity index (χ3v) is 3.05. The van der Waals surface area contributed by atoms with Crippen molar-refractivity contribution in [1.29, 1.82) is 0 Å². The fourth-order valence-corrected chi connectivity index (χ4v) is 2.09. The number of fused-ring (bicyclic) bond motifs is 1. The molecule has 0 saturated heterocycles. The number of nitrogens with one attached hydrogen (secondary N) is 1. The summed E-state index contributed by atoms with van der Waals surface area (Å²) in [5.41, 5.74) is 0.844. The number of hydrogen-bond acceptors (Lipinski definition) is 5. The molecule has 16 heavy (non-hydrogen) atoms.